The second-order valence-corrected chi connectivity index (χ2v) is 8.20. The molecule has 7 nitrogen and oxygen atoms in total. The number of thiophene rings is 1. The van der Waals surface area contributed by atoms with Crippen molar-refractivity contribution in [2.75, 3.05) is 18.2 Å². The van der Waals surface area contributed by atoms with E-state index in [4.69, 9.17) is 4.74 Å². The van der Waals surface area contributed by atoms with E-state index >= 15 is 0 Å². The van der Waals surface area contributed by atoms with E-state index in [9.17, 15) is 9.59 Å². The standard InChI is InChI=1S/C20H20N4O3S2/c1-4-10-24-17(14-8-6-5-7-9-14)22-23-20(24)28-12-16(25)21-18-15(19(26)27-3)11-13(2)29-18/h4-9,11H,1,10,12H2,2-3H3,(H,21,25). The Morgan fingerprint density at radius 2 is 2.07 bits per heavy atom. The second-order valence-electron chi connectivity index (χ2n) is 6.00. The molecule has 1 aromatic carbocycles. The highest BCUT2D eigenvalue weighted by molar-refractivity contribution is 7.99. The van der Waals surface area contributed by atoms with Crippen molar-refractivity contribution in [1.82, 2.24) is 14.8 Å². The average molecular weight is 429 g/mol. The number of anilines is 1. The Balaban J connectivity index is 1.72. The van der Waals surface area contributed by atoms with Crippen molar-refractivity contribution in [3.63, 3.8) is 0 Å². The summed E-state index contributed by atoms with van der Waals surface area (Å²) in [6, 6.07) is 11.4. The molecule has 2 heterocycles. The van der Waals surface area contributed by atoms with Crippen LogP contribution in [0.25, 0.3) is 11.4 Å². The van der Waals surface area contributed by atoms with Crippen molar-refractivity contribution in [2.45, 2.75) is 18.6 Å². The van der Waals surface area contributed by atoms with Crippen molar-refractivity contribution < 1.29 is 14.3 Å². The van der Waals surface area contributed by atoms with E-state index in [1.165, 1.54) is 30.2 Å². The minimum Gasteiger partial charge on any atom is -0.465 e. The Kier molecular flexibility index (Phi) is 6.84. The Hall–Kier alpha value is -2.91. The number of allylic oxidation sites excluding steroid dienone is 1. The summed E-state index contributed by atoms with van der Waals surface area (Å²) in [6.07, 6.45) is 1.76. The molecule has 0 aliphatic carbocycles. The topological polar surface area (TPSA) is 86.1 Å². The average Bonchev–Trinajstić information content (AvgIpc) is 3.30. The Morgan fingerprint density at radius 1 is 1.31 bits per heavy atom. The van der Waals surface area contributed by atoms with E-state index in [2.05, 4.69) is 22.1 Å². The Bertz CT molecular complexity index is 1030. The van der Waals surface area contributed by atoms with Crippen LogP contribution in [0.3, 0.4) is 0 Å². The van der Waals surface area contributed by atoms with E-state index in [1.54, 1.807) is 12.1 Å². The first-order chi connectivity index (χ1) is 14.0. The first kappa shape index (κ1) is 20.8. The number of hydrogen-bond acceptors (Lipinski definition) is 7. The molecule has 0 unspecified atom stereocenters. The third kappa shape index (κ3) is 4.93. The number of hydrogen-bond donors (Lipinski definition) is 1. The number of amides is 1. The molecule has 150 valence electrons. The van der Waals surface area contributed by atoms with Crippen LogP contribution >= 0.6 is 23.1 Å². The molecule has 1 N–H and O–H groups in total. The number of nitrogens with zero attached hydrogens (tertiary/aromatic N) is 3. The van der Waals surface area contributed by atoms with Crippen LogP contribution in [0.1, 0.15) is 15.2 Å². The van der Waals surface area contributed by atoms with Crippen LogP contribution in [-0.2, 0) is 16.1 Å². The van der Waals surface area contributed by atoms with Crippen LogP contribution in [0.4, 0.5) is 5.00 Å². The first-order valence-corrected chi connectivity index (χ1v) is 10.5. The zero-order valence-corrected chi connectivity index (χ0v) is 17.7. The molecular weight excluding hydrogens is 408 g/mol. The zero-order chi connectivity index (χ0) is 20.8. The highest BCUT2D eigenvalue weighted by atomic mass is 32.2. The first-order valence-electron chi connectivity index (χ1n) is 8.74. The van der Waals surface area contributed by atoms with Gasteiger partial charge in [0.25, 0.3) is 0 Å². The molecule has 1 amide bonds. The molecule has 29 heavy (non-hydrogen) atoms. The highest BCUT2D eigenvalue weighted by Crippen LogP contribution is 2.29. The van der Waals surface area contributed by atoms with E-state index in [0.29, 0.717) is 22.3 Å². The van der Waals surface area contributed by atoms with Crippen LogP contribution in [0.15, 0.2) is 54.2 Å². The van der Waals surface area contributed by atoms with E-state index in [1.807, 2.05) is 41.8 Å². The molecule has 0 saturated carbocycles. The highest BCUT2D eigenvalue weighted by Gasteiger charge is 2.19. The lowest BCUT2D eigenvalue weighted by molar-refractivity contribution is -0.113. The summed E-state index contributed by atoms with van der Waals surface area (Å²) < 4.78 is 6.68. The minimum atomic E-state index is -0.476. The molecule has 0 spiro atoms. The summed E-state index contributed by atoms with van der Waals surface area (Å²) in [4.78, 5) is 25.2. The summed E-state index contributed by atoms with van der Waals surface area (Å²) in [5.74, 6) is 0.129. The van der Waals surface area contributed by atoms with E-state index in [0.717, 1.165) is 16.3 Å². The summed E-state index contributed by atoms with van der Waals surface area (Å²) in [6.45, 7) is 6.18. The normalized spacial score (nSPS) is 10.6. The van der Waals surface area contributed by atoms with Crippen molar-refractivity contribution in [3.05, 3.63) is 59.5 Å². The van der Waals surface area contributed by atoms with Crippen molar-refractivity contribution in [2.24, 2.45) is 0 Å². The lowest BCUT2D eigenvalue weighted by atomic mass is 10.2. The van der Waals surface area contributed by atoms with Gasteiger partial charge in [0.05, 0.1) is 18.4 Å². The molecule has 0 fully saturated rings. The van der Waals surface area contributed by atoms with Crippen molar-refractivity contribution >= 4 is 40.0 Å². The van der Waals surface area contributed by atoms with Gasteiger partial charge in [0.2, 0.25) is 5.91 Å². The maximum absolute atomic E-state index is 12.4. The molecule has 0 aliphatic heterocycles. The molecular formula is C20H20N4O3S2. The molecule has 3 aromatic rings. The molecule has 0 aliphatic rings. The van der Waals surface area contributed by atoms with Gasteiger partial charge in [-0.25, -0.2) is 4.79 Å². The molecule has 3 rings (SSSR count). The summed E-state index contributed by atoms with van der Waals surface area (Å²) in [7, 11) is 1.31. The Morgan fingerprint density at radius 3 is 2.76 bits per heavy atom. The number of carbonyl (C=O) groups excluding carboxylic acids is 2. The SMILES string of the molecule is C=CCn1c(SCC(=O)Nc2sc(C)cc2C(=O)OC)nnc1-c1ccccc1. The van der Waals surface area contributed by atoms with Crippen LogP contribution < -0.4 is 5.32 Å². The lowest BCUT2D eigenvalue weighted by Crippen LogP contribution is -2.16. The quantitative estimate of drug-likeness (QED) is 0.331. The molecule has 9 heteroatoms. The third-order valence-corrected chi connectivity index (χ3v) is 5.84. The fourth-order valence-electron chi connectivity index (χ4n) is 2.65. The van der Waals surface area contributed by atoms with E-state index in [-0.39, 0.29) is 11.7 Å². The van der Waals surface area contributed by atoms with Gasteiger partial charge in [-0.1, -0.05) is 48.2 Å². The predicted octanol–water partition coefficient (Wildman–Crippen LogP) is 4.02. The van der Waals surface area contributed by atoms with Crippen LogP contribution in [0.2, 0.25) is 0 Å². The lowest BCUT2D eigenvalue weighted by Gasteiger charge is -2.08. The summed E-state index contributed by atoms with van der Waals surface area (Å²) >= 11 is 2.61. The molecule has 2 aromatic heterocycles. The monoisotopic (exact) mass is 428 g/mol. The van der Waals surface area contributed by atoms with E-state index < -0.39 is 5.97 Å². The van der Waals surface area contributed by atoms with Gasteiger partial charge < -0.3 is 10.1 Å². The molecule has 0 atom stereocenters. The smallest absolute Gasteiger partial charge is 0.340 e. The summed E-state index contributed by atoms with van der Waals surface area (Å²) in [5, 5.41) is 12.4. The maximum Gasteiger partial charge on any atom is 0.340 e. The fraction of sp³-hybridized carbons (Fsp3) is 0.200. The fourth-order valence-corrected chi connectivity index (χ4v) is 4.32. The van der Waals surface area contributed by atoms with Crippen LogP contribution in [0, 0.1) is 6.92 Å². The van der Waals surface area contributed by atoms with Gasteiger partial charge in [-0.15, -0.1) is 28.1 Å². The van der Waals surface area contributed by atoms with Crippen molar-refractivity contribution in [1.29, 1.82) is 0 Å². The van der Waals surface area contributed by atoms with Crippen LogP contribution in [-0.4, -0.2) is 39.5 Å². The number of aryl methyl sites for hydroxylation is 1. The predicted molar refractivity (Wildman–Crippen MR) is 115 cm³/mol. The maximum atomic E-state index is 12.4. The van der Waals surface area contributed by atoms with Gasteiger partial charge in [0.15, 0.2) is 11.0 Å². The van der Waals surface area contributed by atoms with Crippen LogP contribution in [0.5, 0.6) is 0 Å². The molecule has 0 bridgehead atoms. The number of thioether (sulfide) groups is 1. The minimum absolute atomic E-state index is 0.127. The number of carbonyl (C=O) groups is 2. The van der Waals surface area contributed by atoms with Gasteiger partial charge >= 0.3 is 5.97 Å². The number of esters is 1. The summed E-state index contributed by atoms with van der Waals surface area (Å²) in [5.41, 5.74) is 1.30. The van der Waals surface area contributed by atoms with Gasteiger partial charge in [-0.2, -0.15) is 0 Å². The molecule has 0 saturated heterocycles. The van der Waals surface area contributed by atoms with Gasteiger partial charge in [0.1, 0.15) is 5.00 Å². The number of methoxy groups -OCH3 is 1. The third-order valence-electron chi connectivity index (χ3n) is 3.91. The molecule has 0 radical (unpaired) electrons. The number of benzene rings is 1. The number of ether oxygens (including phenoxy) is 1. The number of nitrogens with one attached hydrogen (secondary N) is 1. The number of aromatic nitrogens is 3. The largest absolute Gasteiger partial charge is 0.465 e. The van der Waals surface area contributed by atoms with Crippen molar-refractivity contribution in [3.8, 4) is 11.4 Å². The Labute approximate surface area is 176 Å². The van der Waals surface area contributed by atoms with Gasteiger partial charge in [-0.3, -0.25) is 9.36 Å². The second kappa shape index (κ2) is 9.53. The number of rotatable bonds is 8. The van der Waals surface area contributed by atoms with Gasteiger partial charge in [0, 0.05) is 17.0 Å². The van der Waals surface area contributed by atoms with Gasteiger partial charge in [-0.05, 0) is 13.0 Å². The zero-order valence-electron chi connectivity index (χ0n) is 16.0.